The van der Waals surface area contributed by atoms with Gasteiger partial charge in [0, 0.05) is 18.7 Å². The maximum absolute atomic E-state index is 12.7. The van der Waals surface area contributed by atoms with Gasteiger partial charge in [-0.05, 0) is 24.6 Å². The predicted molar refractivity (Wildman–Crippen MR) is 111 cm³/mol. The van der Waals surface area contributed by atoms with Gasteiger partial charge in [-0.15, -0.1) is 0 Å². The quantitative estimate of drug-likeness (QED) is 0.765. The third kappa shape index (κ3) is 4.54. The predicted octanol–water partition coefficient (Wildman–Crippen LogP) is -0.241. The second-order valence-corrected chi connectivity index (χ2v) is 8.55. The van der Waals surface area contributed by atoms with E-state index in [1.165, 1.54) is 21.2 Å². The molecule has 2 aliphatic heterocycles. The van der Waals surface area contributed by atoms with Crippen molar-refractivity contribution in [2.24, 2.45) is 0 Å². The number of piperazine rings is 1. The Balaban J connectivity index is 1.29. The Morgan fingerprint density at radius 3 is 2.36 bits per heavy atom. The van der Waals surface area contributed by atoms with Gasteiger partial charge in [0.25, 0.3) is 5.91 Å². The van der Waals surface area contributed by atoms with Gasteiger partial charge >= 0.3 is 0 Å². The zero-order valence-corrected chi connectivity index (χ0v) is 17.1. The normalized spacial score (nSPS) is 28.4. The van der Waals surface area contributed by atoms with Crippen molar-refractivity contribution in [2.75, 3.05) is 45.8 Å². The molecule has 2 saturated heterocycles. The van der Waals surface area contributed by atoms with Crippen molar-refractivity contribution in [3.05, 3.63) is 48.0 Å². The van der Waals surface area contributed by atoms with Crippen LogP contribution < -0.4 is 9.80 Å². The van der Waals surface area contributed by atoms with E-state index in [1.54, 1.807) is 4.90 Å². The van der Waals surface area contributed by atoms with E-state index in [2.05, 4.69) is 56.3 Å². The lowest BCUT2D eigenvalue weighted by Crippen LogP contribution is -3.28. The summed E-state index contributed by atoms with van der Waals surface area (Å²) < 4.78 is 5.75. The van der Waals surface area contributed by atoms with E-state index in [-0.39, 0.29) is 18.1 Å². The van der Waals surface area contributed by atoms with Crippen LogP contribution in [0.1, 0.15) is 19.4 Å². The number of fused-ring (bicyclic) bond motifs is 1. The number of benzene rings is 2. The molecule has 0 aliphatic carbocycles. The van der Waals surface area contributed by atoms with Gasteiger partial charge in [0.15, 0.2) is 6.54 Å². The number of quaternary nitrogens is 2. The van der Waals surface area contributed by atoms with Gasteiger partial charge in [-0.2, -0.15) is 0 Å². The summed E-state index contributed by atoms with van der Waals surface area (Å²) in [6, 6.07) is 15.3. The van der Waals surface area contributed by atoms with Crippen LogP contribution in [0.2, 0.25) is 0 Å². The molecule has 2 aliphatic rings. The maximum Gasteiger partial charge on any atom is 0.277 e. The number of hydrogen-bond donors (Lipinski definition) is 2. The van der Waals surface area contributed by atoms with Crippen LogP contribution in [-0.2, 0) is 16.1 Å². The number of rotatable bonds is 4. The average molecular weight is 384 g/mol. The Bertz CT molecular complexity index is 801. The Kier molecular flexibility index (Phi) is 5.95. The lowest BCUT2D eigenvalue weighted by molar-refractivity contribution is -1.02. The number of carbonyl (C=O) groups is 1. The Hall–Kier alpha value is -1.95. The number of morpholine rings is 1. The molecule has 2 N–H and O–H groups in total. The topological polar surface area (TPSA) is 38.4 Å². The average Bonchev–Trinajstić information content (AvgIpc) is 2.69. The van der Waals surface area contributed by atoms with Crippen molar-refractivity contribution in [1.29, 1.82) is 0 Å². The minimum Gasteiger partial charge on any atom is -0.372 e. The van der Waals surface area contributed by atoms with E-state index in [4.69, 9.17) is 4.74 Å². The third-order valence-corrected chi connectivity index (χ3v) is 6.16. The SMILES string of the molecule is C[C@@H]1CN(C(=O)C[NH+]2CC[NH+](Cc3cccc4ccccc34)CC2)C[C@@H](C)O1. The van der Waals surface area contributed by atoms with Crippen molar-refractivity contribution < 1.29 is 19.3 Å². The highest BCUT2D eigenvalue weighted by Gasteiger charge is 2.30. The van der Waals surface area contributed by atoms with Crippen molar-refractivity contribution in [3.63, 3.8) is 0 Å². The van der Waals surface area contributed by atoms with Crippen molar-refractivity contribution >= 4 is 16.7 Å². The summed E-state index contributed by atoms with van der Waals surface area (Å²) in [4.78, 5) is 17.8. The van der Waals surface area contributed by atoms with Gasteiger partial charge in [-0.3, -0.25) is 4.79 Å². The summed E-state index contributed by atoms with van der Waals surface area (Å²) >= 11 is 0. The molecule has 4 rings (SSSR count). The molecular formula is C23H33N3O2+2. The van der Waals surface area contributed by atoms with E-state index in [9.17, 15) is 4.79 Å². The van der Waals surface area contributed by atoms with Gasteiger partial charge in [-0.25, -0.2) is 0 Å². The summed E-state index contributed by atoms with van der Waals surface area (Å²) in [6.07, 6.45) is 0.286. The number of ether oxygens (including phenoxy) is 1. The first kappa shape index (κ1) is 19.4. The molecule has 1 amide bonds. The summed E-state index contributed by atoms with van der Waals surface area (Å²) in [6.45, 7) is 11.7. The van der Waals surface area contributed by atoms with E-state index in [0.29, 0.717) is 6.54 Å². The molecule has 0 bridgehead atoms. The van der Waals surface area contributed by atoms with Crippen LogP contribution in [-0.4, -0.2) is 68.8 Å². The second kappa shape index (κ2) is 8.60. The minimum absolute atomic E-state index is 0.143. The molecule has 0 spiro atoms. The fourth-order valence-electron chi connectivity index (χ4n) is 4.73. The van der Waals surface area contributed by atoms with E-state index >= 15 is 0 Å². The Morgan fingerprint density at radius 2 is 1.61 bits per heavy atom. The minimum atomic E-state index is 0.143. The standard InChI is InChI=1S/C23H31N3O2/c1-18-14-26(15-19(2)28-18)23(27)17-25-12-10-24(11-13-25)16-21-8-5-7-20-6-3-4-9-22(20)21/h3-9,18-19H,10-17H2,1-2H3/p+2/t18-,19-/m1/s1. The maximum atomic E-state index is 12.7. The largest absolute Gasteiger partial charge is 0.372 e. The molecule has 2 atom stereocenters. The molecule has 0 unspecified atom stereocenters. The number of hydrogen-bond acceptors (Lipinski definition) is 2. The van der Waals surface area contributed by atoms with Crippen LogP contribution in [0.5, 0.6) is 0 Å². The molecule has 2 fully saturated rings. The van der Waals surface area contributed by atoms with Crippen molar-refractivity contribution in [3.8, 4) is 0 Å². The lowest BCUT2D eigenvalue weighted by Gasteiger charge is -2.36. The summed E-state index contributed by atoms with van der Waals surface area (Å²) in [5.74, 6) is 0.287. The van der Waals surface area contributed by atoms with Crippen LogP contribution in [0, 0.1) is 0 Å². The zero-order valence-electron chi connectivity index (χ0n) is 17.1. The second-order valence-electron chi connectivity index (χ2n) is 8.55. The number of amides is 1. The molecule has 5 nitrogen and oxygen atoms in total. The van der Waals surface area contributed by atoms with E-state index in [0.717, 1.165) is 45.8 Å². The van der Waals surface area contributed by atoms with Crippen LogP contribution in [0.15, 0.2) is 42.5 Å². The number of nitrogens with one attached hydrogen (secondary N) is 2. The van der Waals surface area contributed by atoms with Gasteiger partial charge in [0.1, 0.15) is 32.7 Å². The van der Waals surface area contributed by atoms with Gasteiger partial charge in [0.05, 0.1) is 12.2 Å². The van der Waals surface area contributed by atoms with Crippen LogP contribution in [0.4, 0.5) is 0 Å². The molecular weight excluding hydrogens is 350 g/mol. The van der Waals surface area contributed by atoms with E-state index < -0.39 is 0 Å². The summed E-state index contributed by atoms with van der Waals surface area (Å²) in [7, 11) is 0. The molecule has 28 heavy (non-hydrogen) atoms. The number of nitrogens with zero attached hydrogens (tertiary/aromatic N) is 1. The molecule has 2 aromatic carbocycles. The molecule has 5 heteroatoms. The first-order valence-corrected chi connectivity index (χ1v) is 10.7. The van der Waals surface area contributed by atoms with Gasteiger partial charge in [0.2, 0.25) is 0 Å². The van der Waals surface area contributed by atoms with Gasteiger partial charge < -0.3 is 19.4 Å². The first-order chi connectivity index (χ1) is 13.6. The zero-order chi connectivity index (χ0) is 19.5. The molecule has 2 heterocycles. The van der Waals surface area contributed by atoms with Crippen molar-refractivity contribution in [2.45, 2.75) is 32.6 Å². The number of carbonyl (C=O) groups excluding carboxylic acids is 1. The third-order valence-electron chi connectivity index (χ3n) is 6.16. The van der Waals surface area contributed by atoms with Crippen molar-refractivity contribution in [1.82, 2.24) is 4.90 Å². The fourth-order valence-corrected chi connectivity index (χ4v) is 4.73. The molecule has 0 saturated carbocycles. The first-order valence-electron chi connectivity index (χ1n) is 10.7. The van der Waals surface area contributed by atoms with Crippen LogP contribution in [0.25, 0.3) is 10.8 Å². The highest BCUT2D eigenvalue weighted by atomic mass is 16.5. The fraction of sp³-hybridized carbons (Fsp3) is 0.522. The highest BCUT2D eigenvalue weighted by Crippen LogP contribution is 2.17. The molecule has 2 aromatic rings. The Labute approximate surface area is 167 Å². The molecule has 150 valence electrons. The lowest BCUT2D eigenvalue weighted by atomic mass is 10.0. The Morgan fingerprint density at radius 1 is 0.964 bits per heavy atom. The smallest absolute Gasteiger partial charge is 0.277 e. The van der Waals surface area contributed by atoms with E-state index in [1.807, 2.05) is 4.90 Å². The van der Waals surface area contributed by atoms with Gasteiger partial charge in [-0.1, -0.05) is 42.5 Å². The summed E-state index contributed by atoms with van der Waals surface area (Å²) in [5, 5.41) is 2.70. The highest BCUT2D eigenvalue weighted by molar-refractivity contribution is 5.85. The monoisotopic (exact) mass is 383 g/mol. The summed E-state index contributed by atoms with van der Waals surface area (Å²) in [5.41, 5.74) is 1.43. The molecule has 0 radical (unpaired) electrons. The molecule has 0 aromatic heterocycles. The van der Waals surface area contributed by atoms with Crippen LogP contribution in [0.3, 0.4) is 0 Å². The van der Waals surface area contributed by atoms with Crippen LogP contribution >= 0.6 is 0 Å².